The van der Waals surface area contributed by atoms with Crippen molar-refractivity contribution in [2.45, 2.75) is 38.1 Å². The second kappa shape index (κ2) is 6.00. The molecule has 1 fully saturated rings. The molecule has 0 saturated heterocycles. The molecule has 7 heteroatoms. The predicted octanol–water partition coefficient (Wildman–Crippen LogP) is 1.57. The summed E-state index contributed by atoms with van der Waals surface area (Å²) in [6.07, 6.45) is 4.23. The molecule has 2 heterocycles. The van der Waals surface area contributed by atoms with E-state index in [1.54, 1.807) is 32.0 Å². The first kappa shape index (κ1) is 17.4. The number of amides is 1. The third-order valence-electron chi connectivity index (χ3n) is 5.20. The average Bonchev–Trinajstić information content (AvgIpc) is 3.43. The molecule has 3 aliphatic rings. The summed E-state index contributed by atoms with van der Waals surface area (Å²) in [7, 11) is 0. The van der Waals surface area contributed by atoms with Crippen LogP contribution in [0.25, 0.3) is 0 Å². The van der Waals surface area contributed by atoms with E-state index >= 15 is 0 Å². The van der Waals surface area contributed by atoms with Gasteiger partial charge in [-0.2, -0.15) is 5.26 Å². The summed E-state index contributed by atoms with van der Waals surface area (Å²) in [5, 5.41) is 25.6. The summed E-state index contributed by atoms with van der Waals surface area (Å²) >= 11 is 0. The maximum atomic E-state index is 12.2. The van der Waals surface area contributed by atoms with E-state index < -0.39 is 17.8 Å². The summed E-state index contributed by atoms with van der Waals surface area (Å²) in [6, 6.07) is 7.10. The maximum Gasteiger partial charge on any atom is 0.247 e. The number of hydrogen-bond acceptors (Lipinski definition) is 6. The molecule has 0 radical (unpaired) electrons. The topological polar surface area (TPSA) is 95.2 Å². The van der Waals surface area contributed by atoms with Crippen molar-refractivity contribution in [3.63, 3.8) is 0 Å². The van der Waals surface area contributed by atoms with E-state index in [0.29, 0.717) is 29.2 Å². The van der Waals surface area contributed by atoms with Crippen LogP contribution in [0.3, 0.4) is 0 Å². The predicted molar refractivity (Wildman–Crippen MR) is 95.3 cm³/mol. The fourth-order valence-corrected chi connectivity index (χ4v) is 3.56. The Morgan fingerprint density at radius 1 is 1.48 bits per heavy atom. The molecule has 138 valence electrons. The van der Waals surface area contributed by atoms with E-state index in [0.717, 1.165) is 0 Å². The molecule has 1 aromatic rings. The number of carbonyl (C=O) groups is 1. The van der Waals surface area contributed by atoms with Crippen molar-refractivity contribution in [2.75, 3.05) is 6.54 Å². The van der Waals surface area contributed by atoms with Gasteiger partial charge in [0.2, 0.25) is 11.8 Å². The molecular weight excluding hydrogens is 346 g/mol. The van der Waals surface area contributed by atoms with Gasteiger partial charge in [-0.25, -0.2) is 5.01 Å². The van der Waals surface area contributed by atoms with Crippen molar-refractivity contribution in [3.05, 3.63) is 29.3 Å². The van der Waals surface area contributed by atoms with Gasteiger partial charge < -0.3 is 14.6 Å². The highest BCUT2D eigenvalue weighted by Gasteiger charge is 2.54. The van der Waals surface area contributed by atoms with Gasteiger partial charge >= 0.3 is 0 Å². The van der Waals surface area contributed by atoms with Crippen LogP contribution < -0.4 is 4.74 Å². The lowest BCUT2D eigenvalue weighted by Gasteiger charge is -2.42. The van der Waals surface area contributed by atoms with Gasteiger partial charge in [0.15, 0.2) is 6.10 Å². The fourth-order valence-electron chi connectivity index (χ4n) is 3.56. The summed E-state index contributed by atoms with van der Waals surface area (Å²) in [5.41, 5.74) is 0.135. The van der Waals surface area contributed by atoms with E-state index in [1.165, 1.54) is 5.01 Å². The van der Waals surface area contributed by atoms with Gasteiger partial charge in [-0.3, -0.25) is 4.79 Å². The maximum absolute atomic E-state index is 12.2. The highest BCUT2D eigenvalue weighted by molar-refractivity contribution is 5.96. The molecule has 1 aromatic carbocycles. The van der Waals surface area contributed by atoms with Gasteiger partial charge in [-0.1, -0.05) is 5.92 Å². The van der Waals surface area contributed by atoms with Crippen LogP contribution in [0.4, 0.5) is 0 Å². The van der Waals surface area contributed by atoms with Crippen LogP contribution in [-0.4, -0.2) is 40.2 Å². The number of carbonyl (C=O) groups excluding carboxylic acids is 1. The Hall–Kier alpha value is -3.03. The van der Waals surface area contributed by atoms with Gasteiger partial charge in [-0.05, 0) is 38.5 Å². The first-order valence-corrected chi connectivity index (χ1v) is 8.77. The number of hydrazone groups is 1. The molecule has 0 spiro atoms. The van der Waals surface area contributed by atoms with Crippen molar-refractivity contribution < 1.29 is 19.4 Å². The second-order valence-corrected chi connectivity index (χ2v) is 7.54. The zero-order valence-electron chi connectivity index (χ0n) is 15.0. The summed E-state index contributed by atoms with van der Waals surface area (Å²) in [4.78, 5) is 12.2. The summed E-state index contributed by atoms with van der Waals surface area (Å²) < 4.78 is 12.0. The second-order valence-electron chi connectivity index (χ2n) is 7.54. The molecule has 1 N–H and O–H groups in total. The molecule has 1 amide bonds. The van der Waals surface area contributed by atoms with Crippen molar-refractivity contribution in [1.82, 2.24) is 5.01 Å². The lowest BCUT2D eigenvalue weighted by atomic mass is 9.87. The molecule has 27 heavy (non-hydrogen) atoms. The molecule has 1 aliphatic carbocycles. The molecule has 1 saturated carbocycles. The van der Waals surface area contributed by atoms with Gasteiger partial charge in [0.25, 0.3) is 0 Å². The third kappa shape index (κ3) is 2.81. The van der Waals surface area contributed by atoms with Crippen molar-refractivity contribution >= 4 is 11.8 Å². The Kier molecular flexibility index (Phi) is 3.87. The smallest absolute Gasteiger partial charge is 0.247 e. The minimum Gasteiger partial charge on any atom is -0.485 e. The SMILES string of the molecule is C#CCN1N=C(O[C@@H]2c3cc(C#N)ccc3OC(C)(C)[C@H]2O)[C@@H]2C[C@@H]2C1=O. The number of nitrogens with zero attached hydrogens (tertiary/aromatic N) is 3. The molecular formula is C20H19N3O4. The zero-order valence-corrected chi connectivity index (χ0v) is 15.0. The number of nitriles is 1. The number of fused-ring (bicyclic) bond motifs is 2. The Morgan fingerprint density at radius 3 is 2.96 bits per heavy atom. The summed E-state index contributed by atoms with van der Waals surface area (Å²) in [5.74, 6) is 3.02. The van der Waals surface area contributed by atoms with Crippen LogP contribution in [0, 0.1) is 35.5 Å². The standard InChI is InChI=1S/C20H19N3O4/c1-4-7-23-19(25)13-9-12(13)18(22-23)26-16-14-8-11(10-21)5-6-15(14)27-20(2,3)17(16)24/h1,5-6,8,12-13,16-17,24H,7,9H2,2-3H3/t12-,13+,16-,17+/m1/s1. The van der Waals surface area contributed by atoms with Crippen LogP contribution in [0.5, 0.6) is 5.75 Å². The van der Waals surface area contributed by atoms with Crippen LogP contribution in [-0.2, 0) is 9.53 Å². The first-order chi connectivity index (χ1) is 12.9. The van der Waals surface area contributed by atoms with E-state index in [-0.39, 0.29) is 24.3 Å². The van der Waals surface area contributed by atoms with Gasteiger partial charge in [0.05, 0.1) is 17.6 Å². The van der Waals surface area contributed by atoms with Crippen molar-refractivity contribution in [3.8, 4) is 24.2 Å². The minimum atomic E-state index is -0.988. The van der Waals surface area contributed by atoms with Crippen molar-refractivity contribution in [2.24, 2.45) is 16.9 Å². The lowest BCUT2D eigenvalue weighted by molar-refractivity contribution is -0.134. The quantitative estimate of drug-likeness (QED) is 0.803. The number of aliphatic hydroxyl groups excluding tert-OH is 1. The van der Waals surface area contributed by atoms with Gasteiger partial charge in [0.1, 0.15) is 24.0 Å². The van der Waals surface area contributed by atoms with E-state index in [9.17, 15) is 15.2 Å². The van der Waals surface area contributed by atoms with Crippen LogP contribution >= 0.6 is 0 Å². The number of hydrogen-bond donors (Lipinski definition) is 1. The Bertz CT molecular complexity index is 924. The third-order valence-corrected chi connectivity index (χ3v) is 5.20. The Balaban J connectivity index is 1.71. The monoisotopic (exact) mass is 365 g/mol. The molecule has 2 aliphatic heterocycles. The molecule has 0 unspecified atom stereocenters. The number of aliphatic hydroxyl groups is 1. The number of benzene rings is 1. The van der Waals surface area contributed by atoms with Crippen molar-refractivity contribution in [1.29, 1.82) is 5.26 Å². The number of rotatable bonds is 2. The number of terminal acetylenes is 1. The fraction of sp³-hybridized carbons (Fsp3) is 0.450. The Morgan fingerprint density at radius 2 is 2.26 bits per heavy atom. The molecule has 0 aromatic heterocycles. The number of ether oxygens (including phenoxy) is 2. The largest absolute Gasteiger partial charge is 0.485 e. The first-order valence-electron chi connectivity index (χ1n) is 8.77. The molecule has 7 nitrogen and oxygen atoms in total. The normalized spacial score (nSPS) is 30.0. The van der Waals surface area contributed by atoms with E-state index in [2.05, 4.69) is 17.1 Å². The molecule has 4 rings (SSSR count). The lowest BCUT2D eigenvalue weighted by Crippen LogP contribution is -2.50. The van der Waals surface area contributed by atoms with Crippen LogP contribution in [0.1, 0.15) is 37.5 Å². The van der Waals surface area contributed by atoms with Crippen LogP contribution in [0.15, 0.2) is 23.3 Å². The Labute approximate surface area is 157 Å². The molecule has 4 atom stereocenters. The van der Waals surface area contributed by atoms with E-state index in [1.807, 2.05) is 0 Å². The zero-order chi connectivity index (χ0) is 19.3. The van der Waals surface area contributed by atoms with Gasteiger partial charge in [0, 0.05) is 11.5 Å². The van der Waals surface area contributed by atoms with E-state index in [4.69, 9.17) is 15.9 Å². The highest BCUT2D eigenvalue weighted by Crippen LogP contribution is 2.48. The summed E-state index contributed by atoms with van der Waals surface area (Å²) in [6.45, 7) is 3.61. The van der Waals surface area contributed by atoms with Crippen LogP contribution in [0.2, 0.25) is 0 Å². The minimum absolute atomic E-state index is 0.0753. The highest BCUT2D eigenvalue weighted by atomic mass is 16.5. The molecule has 0 bridgehead atoms. The average molecular weight is 365 g/mol. The van der Waals surface area contributed by atoms with Gasteiger partial charge in [-0.15, -0.1) is 11.5 Å².